The number of alkyl carbamates (subject to hydrolysis) is 1. The molecule has 0 radical (unpaired) electrons. The molecule has 0 bridgehead atoms. The lowest BCUT2D eigenvalue weighted by Gasteiger charge is -2.19. The van der Waals surface area contributed by atoms with Crippen LogP contribution in [-0.2, 0) is 11.2 Å². The van der Waals surface area contributed by atoms with E-state index in [-0.39, 0.29) is 5.69 Å². The van der Waals surface area contributed by atoms with Gasteiger partial charge in [0.1, 0.15) is 11.3 Å². The van der Waals surface area contributed by atoms with Gasteiger partial charge in [-0.25, -0.2) is 9.59 Å². The number of carboxylic acid groups (broad SMARTS) is 1. The zero-order chi connectivity index (χ0) is 17.0. The molecule has 1 aromatic heterocycles. The molecule has 1 heterocycles. The van der Waals surface area contributed by atoms with Gasteiger partial charge in [-0.2, -0.15) is 0 Å². The van der Waals surface area contributed by atoms with Crippen molar-refractivity contribution in [3.05, 3.63) is 35.5 Å². The number of carboxylic acids is 1. The van der Waals surface area contributed by atoms with E-state index >= 15 is 0 Å². The lowest BCUT2D eigenvalue weighted by atomic mass is 10.1. The van der Waals surface area contributed by atoms with E-state index in [1.165, 1.54) is 0 Å². The van der Waals surface area contributed by atoms with Crippen molar-refractivity contribution in [3.63, 3.8) is 0 Å². The topological polar surface area (TPSA) is 91.4 Å². The second kappa shape index (κ2) is 6.73. The quantitative estimate of drug-likeness (QED) is 0.737. The number of hydrogen-bond acceptors (Lipinski definition) is 3. The third-order valence-corrected chi connectivity index (χ3v) is 3.30. The number of rotatable bonds is 5. The second-order valence-electron chi connectivity index (χ2n) is 6.36. The number of aryl methyl sites for hydroxylation is 1. The standard InChI is InChI=1S/C17H22N2O4/c1-17(2,3)23-16(22)18-10-6-8-12-11-7-4-5-9-13(11)19-14(12)15(20)21/h4-5,7,9,19H,6,8,10H2,1-3H3,(H,18,22)(H,20,21). The average molecular weight is 318 g/mol. The molecule has 1 aromatic carbocycles. The Morgan fingerprint density at radius 2 is 1.96 bits per heavy atom. The van der Waals surface area contributed by atoms with E-state index in [1.807, 2.05) is 24.3 Å². The Balaban J connectivity index is 1.98. The summed E-state index contributed by atoms with van der Waals surface area (Å²) in [6.07, 6.45) is 0.720. The monoisotopic (exact) mass is 318 g/mol. The third kappa shape index (κ3) is 4.48. The molecule has 2 aromatic rings. The average Bonchev–Trinajstić information content (AvgIpc) is 2.81. The first kappa shape index (κ1) is 16.9. The Labute approximate surface area is 134 Å². The predicted octanol–water partition coefficient (Wildman–Crippen LogP) is 3.32. The molecule has 0 saturated carbocycles. The number of nitrogens with one attached hydrogen (secondary N) is 2. The molecule has 6 heteroatoms. The lowest BCUT2D eigenvalue weighted by molar-refractivity contribution is 0.0526. The van der Waals surface area contributed by atoms with Gasteiger partial charge in [-0.1, -0.05) is 18.2 Å². The van der Waals surface area contributed by atoms with Crippen LogP contribution in [0.4, 0.5) is 4.79 Å². The fraction of sp³-hybridized carbons (Fsp3) is 0.412. The number of carbonyl (C=O) groups excluding carboxylic acids is 1. The molecule has 0 atom stereocenters. The van der Waals surface area contributed by atoms with Crippen molar-refractivity contribution < 1.29 is 19.4 Å². The fourth-order valence-corrected chi connectivity index (χ4v) is 2.41. The Morgan fingerprint density at radius 3 is 2.61 bits per heavy atom. The molecule has 0 fully saturated rings. The molecule has 3 N–H and O–H groups in total. The molecule has 124 valence electrons. The summed E-state index contributed by atoms with van der Waals surface area (Å²) in [6.45, 7) is 5.83. The first-order chi connectivity index (χ1) is 10.8. The maximum Gasteiger partial charge on any atom is 0.407 e. The number of aromatic carboxylic acids is 1. The van der Waals surface area contributed by atoms with Crippen molar-refractivity contribution in [2.45, 2.75) is 39.2 Å². The van der Waals surface area contributed by atoms with E-state index in [0.29, 0.717) is 19.4 Å². The van der Waals surface area contributed by atoms with Crippen LogP contribution in [0.15, 0.2) is 24.3 Å². The highest BCUT2D eigenvalue weighted by Crippen LogP contribution is 2.23. The van der Waals surface area contributed by atoms with Crippen molar-refractivity contribution >= 4 is 23.0 Å². The molecule has 0 aliphatic heterocycles. The van der Waals surface area contributed by atoms with Gasteiger partial charge in [-0.15, -0.1) is 0 Å². The molecule has 0 spiro atoms. The smallest absolute Gasteiger partial charge is 0.407 e. The Morgan fingerprint density at radius 1 is 1.26 bits per heavy atom. The summed E-state index contributed by atoms with van der Waals surface area (Å²) < 4.78 is 5.16. The molecule has 1 amide bonds. The van der Waals surface area contributed by atoms with Gasteiger partial charge in [-0.3, -0.25) is 0 Å². The number of fused-ring (bicyclic) bond motifs is 1. The van der Waals surface area contributed by atoms with Crippen LogP contribution in [0.25, 0.3) is 10.9 Å². The van der Waals surface area contributed by atoms with Crippen molar-refractivity contribution in [1.29, 1.82) is 0 Å². The van der Waals surface area contributed by atoms with Gasteiger partial charge in [0.25, 0.3) is 0 Å². The van der Waals surface area contributed by atoms with Crippen molar-refractivity contribution in [2.75, 3.05) is 6.54 Å². The SMILES string of the molecule is CC(C)(C)OC(=O)NCCCc1c(C(=O)O)[nH]c2ccccc12. The van der Waals surface area contributed by atoms with Crippen molar-refractivity contribution in [1.82, 2.24) is 10.3 Å². The summed E-state index contributed by atoms with van der Waals surface area (Å²) in [5.41, 5.74) is 1.25. The normalized spacial score (nSPS) is 11.4. The number of H-pyrrole nitrogens is 1. The molecular weight excluding hydrogens is 296 g/mol. The highest BCUT2D eigenvalue weighted by Gasteiger charge is 2.17. The predicted molar refractivity (Wildman–Crippen MR) is 87.8 cm³/mol. The lowest BCUT2D eigenvalue weighted by Crippen LogP contribution is -2.33. The third-order valence-electron chi connectivity index (χ3n) is 3.30. The van der Waals surface area contributed by atoms with Crippen LogP contribution in [0.2, 0.25) is 0 Å². The number of hydrogen-bond donors (Lipinski definition) is 3. The number of benzene rings is 1. The maximum atomic E-state index is 11.6. The molecule has 0 aliphatic carbocycles. The highest BCUT2D eigenvalue weighted by atomic mass is 16.6. The van der Waals surface area contributed by atoms with E-state index in [9.17, 15) is 14.7 Å². The number of para-hydroxylation sites is 1. The maximum absolute atomic E-state index is 11.6. The zero-order valence-electron chi connectivity index (χ0n) is 13.6. The van der Waals surface area contributed by atoms with Gasteiger partial charge < -0.3 is 20.1 Å². The number of aromatic nitrogens is 1. The molecule has 0 unspecified atom stereocenters. The Bertz CT molecular complexity index is 713. The molecule has 0 saturated heterocycles. The molecule has 6 nitrogen and oxygen atoms in total. The van der Waals surface area contributed by atoms with E-state index in [4.69, 9.17) is 4.74 Å². The zero-order valence-corrected chi connectivity index (χ0v) is 13.6. The van der Waals surface area contributed by atoms with Crippen LogP contribution in [-0.4, -0.2) is 34.3 Å². The van der Waals surface area contributed by atoms with Gasteiger partial charge in [-0.05, 0) is 45.2 Å². The molecule has 0 aliphatic rings. The highest BCUT2D eigenvalue weighted by molar-refractivity contribution is 5.97. The van der Waals surface area contributed by atoms with Crippen LogP contribution >= 0.6 is 0 Å². The number of carbonyl (C=O) groups is 2. The number of ether oxygens (including phenoxy) is 1. The van der Waals surface area contributed by atoms with Crippen LogP contribution in [0.3, 0.4) is 0 Å². The molecule has 23 heavy (non-hydrogen) atoms. The van der Waals surface area contributed by atoms with Gasteiger partial charge >= 0.3 is 12.1 Å². The summed E-state index contributed by atoms with van der Waals surface area (Å²) in [4.78, 5) is 25.9. The summed E-state index contributed by atoms with van der Waals surface area (Å²) >= 11 is 0. The van der Waals surface area contributed by atoms with Gasteiger partial charge in [0.2, 0.25) is 0 Å². The number of amides is 1. The molecular formula is C17H22N2O4. The van der Waals surface area contributed by atoms with Crippen LogP contribution in [0, 0.1) is 0 Å². The van der Waals surface area contributed by atoms with Crippen molar-refractivity contribution in [2.24, 2.45) is 0 Å². The largest absolute Gasteiger partial charge is 0.477 e. The number of aromatic amines is 1. The minimum Gasteiger partial charge on any atom is -0.477 e. The van der Waals surface area contributed by atoms with E-state index in [0.717, 1.165) is 16.5 Å². The van der Waals surface area contributed by atoms with Crippen LogP contribution in [0.1, 0.15) is 43.2 Å². The second-order valence-corrected chi connectivity index (χ2v) is 6.36. The van der Waals surface area contributed by atoms with Gasteiger partial charge in [0, 0.05) is 17.4 Å². The summed E-state index contributed by atoms with van der Waals surface area (Å²) in [5.74, 6) is -0.976. The Hall–Kier alpha value is -2.50. The van der Waals surface area contributed by atoms with Gasteiger partial charge in [0.15, 0.2) is 0 Å². The molecule has 2 rings (SSSR count). The van der Waals surface area contributed by atoms with Gasteiger partial charge in [0.05, 0.1) is 0 Å². The van der Waals surface area contributed by atoms with E-state index < -0.39 is 17.7 Å². The minimum absolute atomic E-state index is 0.212. The summed E-state index contributed by atoms with van der Waals surface area (Å²) in [5, 5.41) is 12.9. The van der Waals surface area contributed by atoms with E-state index in [2.05, 4.69) is 10.3 Å². The minimum atomic E-state index is -0.976. The van der Waals surface area contributed by atoms with Crippen LogP contribution in [0.5, 0.6) is 0 Å². The first-order valence-electron chi connectivity index (χ1n) is 7.57. The summed E-state index contributed by atoms with van der Waals surface area (Å²) in [6, 6.07) is 7.49. The Kier molecular flexibility index (Phi) is 4.93. The van der Waals surface area contributed by atoms with Crippen molar-refractivity contribution in [3.8, 4) is 0 Å². The summed E-state index contributed by atoms with van der Waals surface area (Å²) in [7, 11) is 0. The van der Waals surface area contributed by atoms with E-state index in [1.54, 1.807) is 20.8 Å². The van der Waals surface area contributed by atoms with Crippen LogP contribution < -0.4 is 5.32 Å². The first-order valence-corrected chi connectivity index (χ1v) is 7.57. The fourth-order valence-electron chi connectivity index (χ4n) is 2.41.